The molecule has 0 heterocycles. The van der Waals surface area contributed by atoms with Crippen molar-refractivity contribution in [1.29, 1.82) is 0 Å². The number of hydrogen-bond donors (Lipinski definition) is 0. The van der Waals surface area contributed by atoms with Crippen molar-refractivity contribution >= 4 is 0 Å². The van der Waals surface area contributed by atoms with E-state index in [0.29, 0.717) is 25.4 Å². The zero-order valence-corrected chi connectivity index (χ0v) is 13.3. The predicted octanol–water partition coefficient (Wildman–Crippen LogP) is 4.94. The minimum absolute atomic E-state index is 0.150. The second-order valence-electron chi connectivity index (χ2n) is 6.04. The lowest BCUT2D eigenvalue weighted by atomic mass is 9.77. The molecule has 0 rings (SSSR count). The molecule has 0 aliphatic carbocycles. The molecule has 19 heavy (non-hydrogen) atoms. The fourth-order valence-electron chi connectivity index (χ4n) is 1.66. The first-order valence-electron chi connectivity index (χ1n) is 6.92. The van der Waals surface area contributed by atoms with Crippen molar-refractivity contribution in [2.24, 2.45) is 11.3 Å². The molecule has 0 aromatic carbocycles. The topological polar surface area (TPSA) is 18.5 Å². The Morgan fingerprint density at radius 3 is 1.79 bits per heavy atom. The van der Waals surface area contributed by atoms with Crippen molar-refractivity contribution < 1.29 is 9.47 Å². The van der Waals surface area contributed by atoms with Gasteiger partial charge in [-0.1, -0.05) is 58.4 Å². The van der Waals surface area contributed by atoms with Gasteiger partial charge in [-0.3, -0.25) is 0 Å². The fourth-order valence-corrected chi connectivity index (χ4v) is 1.66. The molecular formula is C17H30O2. The number of hydrogen-bond acceptors (Lipinski definition) is 2. The van der Waals surface area contributed by atoms with Gasteiger partial charge in [0.05, 0.1) is 13.2 Å². The van der Waals surface area contributed by atoms with Crippen molar-refractivity contribution in [3.05, 3.63) is 37.5 Å². The minimum atomic E-state index is -0.150. The number of rotatable bonds is 10. The van der Waals surface area contributed by atoms with Crippen LogP contribution in [0, 0.1) is 24.5 Å². The molecule has 0 amide bonds. The maximum absolute atomic E-state index is 5.82. The van der Waals surface area contributed by atoms with Crippen LogP contribution in [0.25, 0.3) is 0 Å². The maximum atomic E-state index is 5.82. The highest BCUT2D eigenvalue weighted by molar-refractivity contribution is 4.97. The monoisotopic (exact) mass is 266 g/mol. The van der Waals surface area contributed by atoms with E-state index in [9.17, 15) is 0 Å². The van der Waals surface area contributed by atoms with E-state index in [4.69, 9.17) is 9.47 Å². The van der Waals surface area contributed by atoms with Gasteiger partial charge in [0.1, 0.15) is 0 Å². The highest BCUT2D eigenvalue weighted by atomic mass is 16.7. The third-order valence-corrected chi connectivity index (χ3v) is 3.29. The van der Waals surface area contributed by atoms with Gasteiger partial charge < -0.3 is 9.47 Å². The second-order valence-corrected chi connectivity index (χ2v) is 6.04. The molecule has 1 unspecified atom stereocenters. The van der Waals surface area contributed by atoms with Crippen LogP contribution in [0.1, 0.15) is 47.5 Å². The van der Waals surface area contributed by atoms with E-state index in [0.717, 1.165) is 24.0 Å². The summed E-state index contributed by atoms with van der Waals surface area (Å²) in [6.07, 6.45) is 2.64. The summed E-state index contributed by atoms with van der Waals surface area (Å²) in [6.45, 7) is 23.0. The molecule has 0 fully saturated rings. The first-order valence-corrected chi connectivity index (χ1v) is 6.92. The third kappa shape index (κ3) is 6.93. The molecule has 0 saturated heterocycles. The van der Waals surface area contributed by atoms with Crippen molar-refractivity contribution in [1.82, 2.24) is 0 Å². The van der Waals surface area contributed by atoms with Gasteiger partial charge in [0, 0.05) is 5.41 Å². The molecule has 2 radical (unpaired) electrons. The maximum Gasteiger partial charge on any atom is 0.230 e. The van der Waals surface area contributed by atoms with E-state index < -0.39 is 0 Å². The minimum Gasteiger partial charge on any atom is -0.340 e. The number of ether oxygens (including phenoxy) is 2. The highest BCUT2D eigenvalue weighted by Crippen LogP contribution is 2.40. The standard InChI is InChI=1S/C17H30O2/c1-9-10-15(6)17(7,8)16(18-11-13(2)3)19-12-14(4)5/h15H,1-2,4,9-12H2,3,5-8H3. The Balaban J connectivity index is 4.75. The van der Waals surface area contributed by atoms with Crippen molar-refractivity contribution in [2.75, 3.05) is 13.2 Å². The van der Waals surface area contributed by atoms with Crippen molar-refractivity contribution in [2.45, 2.75) is 47.5 Å². The third-order valence-electron chi connectivity index (χ3n) is 3.29. The molecule has 2 nitrogen and oxygen atoms in total. The smallest absolute Gasteiger partial charge is 0.230 e. The fraction of sp³-hybridized carbons (Fsp3) is 0.647. The van der Waals surface area contributed by atoms with E-state index in [-0.39, 0.29) is 5.41 Å². The Bertz CT molecular complexity index is 274. The average Bonchev–Trinajstić information content (AvgIpc) is 2.28. The average molecular weight is 266 g/mol. The predicted molar refractivity (Wildman–Crippen MR) is 82.3 cm³/mol. The molecule has 0 aromatic rings. The van der Waals surface area contributed by atoms with E-state index in [1.807, 2.05) is 13.8 Å². The van der Waals surface area contributed by atoms with Crippen LogP contribution < -0.4 is 0 Å². The van der Waals surface area contributed by atoms with Gasteiger partial charge in [-0.2, -0.15) is 0 Å². The summed E-state index contributed by atoms with van der Waals surface area (Å²) >= 11 is 0. The van der Waals surface area contributed by atoms with Crippen LogP contribution in [0.2, 0.25) is 0 Å². The van der Waals surface area contributed by atoms with Crippen molar-refractivity contribution in [3.63, 3.8) is 0 Å². The van der Waals surface area contributed by atoms with Crippen LogP contribution in [-0.2, 0) is 9.47 Å². The van der Waals surface area contributed by atoms with Crippen LogP contribution >= 0.6 is 0 Å². The zero-order valence-electron chi connectivity index (χ0n) is 13.3. The lowest BCUT2D eigenvalue weighted by Crippen LogP contribution is -2.34. The van der Waals surface area contributed by atoms with E-state index in [2.05, 4.69) is 40.9 Å². The van der Waals surface area contributed by atoms with Gasteiger partial charge in [-0.15, -0.1) is 0 Å². The molecule has 1 atom stereocenters. The van der Waals surface area contributed by atoms with E-state index >= 15 is 0 Å². The van der Waals surface area contributed by atoms with Crippen LogP contribution in [0.3, 0.4) is 0 Å². The van der Waals surface area contributed by atoms with Crippen LogP contribution in [-0.4, -0.2) is 13.2 Å². The van der Waals surface area contributed by atoms with Gasteiger partial charge in [0.15, 0.2) is 0 Å². The molecule has 0 spiro atoms. The van der Waals surface area contributed by atoms with Crippen LogP contribution in [0.4, 0.5) is 0 Å². The van der Waals surface area contributed by atoms with Gasteiger partial charge in [0.25, 0.3) is 0 Å². The largest absolute Gasteiger partial charge is 0.340 e. The molecule has 2 heteroatoms. The molecule has 110 valence electrons. The molecule has 0 saturated carbocycles. The van der Waals surface area contributed by atoms with E-state index in [1.165, 1.54) is 0 Å². The summed E-state index contributed by atoms with van der Waals surface area (Å²) in [7, 11) is 0. The second kappa shape index (κ2) is 8.55. The Hall–Kier alpha value is -0.600. The Kier molecular flexibility index (Phi) is 8.28. The summed E-state index contributed by atoms with van der Waals surface area (Å²) in [5.41, 5.74) is 1.82. The zero-order chi connectivity index (χ0) is 15.1. The molecule has 0 aliphatic heterocycles. The summed E-state index contributed by atoms with van der Waals surface area (Å²) in [5.74, 6) is 0.440. The van der Waals surface area contributed by atoms with E-state index in [1.54, 1.807) is 0 Å². The van der Waals surface area contributed by atoms with Gasteiger partial charge >= 0.3 is 0 Å². The Morgan fingerprint density at radius 2 is 1.47 bits per heavy atom. The lowest BCUT2D eigenvalue weighted by molar-refractivity contribution is -0.106. The molecule has 0 aromatic heterocycles. The summed E-state index contributed by atoms with van der Waals surface area (Å²) in [4.78, 5) is 0. The van der Waals surface area contributed by atoms with Gasteiger partial charge in [-0.05, 0) is 26.2 Å². The molecule has 0 aliphatic rings. The van der Waals surface area contributed by atoms with Crippen LogP contribution in [0.15, 0.2) is 24.3 Å². The summed E-state index contributed by atoms with van der Waals surface area (Å²) in [5, 5.41) is 0. The van der Waals surface area contributed by atoms with Gasteiger partial charge in [-0.25, -0.2) is 0 Å². The quantitative estimate of drug-likeness (QED) is 0.521. The Labute approximate surface area is 119 Å². The molecule has 0 bridgehead atoms. The highest BCUT2D eigenvalue weighted by Gasteiger charge is 2.37. The van der Waals surface area contributed by atoms with Crippen molar-refractivity contribution in [3.8, 4) is 0 Å². The molecular weight excluding hydrogens is 236 g/mol. The first-order chi connectivity index (χ1) is 8.71. The Morgan fingerprint density at radius 1 is 1.05 bits per heavy atom. The lowest BCUT2D eigenvalue weighted by Gasteiger charge is -2.37. The summed E-state index contributed by atoms with van der Waals surface area (Å²) < 4.78 is 11.6. The SMILES string of the molecule is [CH2]CCC(C)C(C)(C)[C](OCC(=C)C)OCC(=C)C. The first kappa shape index (κ1) is 18.4. The van der Waals surface area contributed by atoms with Gasteiger partial charge in [0.2, 0.25) is 6.29 Å². The molecule has 0 N–H and O–H groups in total. The summed E-state index contributed by atoms with van der Waals surface area (Å²) in [6, 6.07) is 0. The van der Waals surface area contributed by atoms with Crippen LogP contribution in [0.5, 0.6) is 0 Å². The normalized spacial score (nSPS) is 13.6.